The highest BCUT2D eigenvalue weighted by Gasteiger charge is 2.51. The van der Waals surface area contributed by atoms with Gasteiger partial charge in [0, 0.05) is 17.4 Å². The van der Waals surface area contributed by atoms with Crippen molar-refractivity contribution in [2.75, 3.05) is 5.32 Å². The number of nitriles is 1. The summed E-state index contributed by atoms with van der Waals surface area (Å²) in [6.45, 7) is 3.00. The van der Waals surface area contributed by atoms with Crippen molar-refractivity contribution >= 4 is 32.2 Å². The molecule has 32 heavy (non-hydrogen) atoms. The monoisotopic (exact) mass is 453 g/mol. The summed E-state index contributed by atoms with van der Waals surface area (Å²) in [5.41, 5.74) is 1.15. The second kappa shape index (κ2) is 6.92. The van der Waals surface area contributed by atoms with Crippen LogP contribution in [-0.2, 0) is 9.84 Å². The van der Waals surface area contributed by atoms with Gasteiger partial charge in [0.25, 0.3) is 5.56 Å². The zero-order valence-corrected chi connectivity index (χ0v) is 18.5. The van der Waals surface area contributed by atoms with Gasteiger partial charge in [0.1, 0.15) is 10.1 Å². The topological polar surface area (TPSA) is 141 Å². The van der Waals surface area contributed by atoms with Crippen molar-refractivity contribution in [2.45, 2.75) is 54.9 Å². The van der Waals surface area contributed by atoms with Crippen molar-refractivity contribution in [3.05, 3.63) is 46.4 Å². The van der Waals surface area contributed by atoms with Gasteiger partial charge >= 0.3 is 0 Å². The first-order valence-electron chi connectivity index (χ1n) is 10.5. The Kier molecular flexibility index (Phi) is 4.48. The Labute approximate surface area is 184 Å². The first-order valence-corrected chi connectivity index (χ1v) is 12.0. The van der Waals surface area contributed by atoms with E-state index in [0.717, 1.165) is 12.8 Å². The molecule has 1 aliphatic carbocycles. The van der Waals surface area contributed by atoms with Crippen molar-refractivity contribution in [1.29, 1.82) is 5.26 Å². The molecule has 2 aromatic heterocycles. The zero-order valence-electron chi connectivity index (χ0n) is 17.7. The predicted octanol–water partition coefficient (Wildman–Crippen LogP) is 2.93. The maximum atomic E-state index is 12.7. The molecule has 1 aliphatic heterocycles. The molecule has 1 fully saturated rings. The number of rotatable bonds is 5. The Morgan fingerprint density at radius 3 is 2.81 bits per heavy atom. The van der Waals surface area contributed by atoms with Crippen LogP contribution in [0.5, 0.6) is 0 Å². The van der Waals surface area contributed by atoms with Crippen LogP contribution < -0.4 is 10.9 Å². The van der Waals surface area contributed by atoms with E-state index in [2.05, 4.69) is 21.5 Å². The minimum Gasteiger partial charge on any atom is -0.387 e. The molecular formula is C22H23N5O4S. The van der Waals surface area contributed by atoms with Crippen LogP contribution in [0.3, 0.4) is 0 Å². The van der Waals surface area contributed by atoms with E-state index >= 15 is 0 Å². The van der Waals surface area contributed by atoms with E-state index in [9.17, 15) is 23.6 Å². The summed E-state index contributed by atoms with van der Waals surface area (Å²) < 4.78 is 25.9. The van der Waals surface area contributed by atoms with E-state index in [4.69, 9.17) is 0 Å². The third-order valence-corrected chi connectivity index (χ3v) is 9.18. The van der Waals surface area contributed by atoms with Gasteiger partial charge in [-0.15, -0.1) is 0 Å². The number of hydrogen-bond donors (Lipinski definition) is 3. The van der Waals surface area contributed by atoms with Crippen LogP contribution in [0.15, 0.2) is 40.2 Å². The number of aliphatic hydroxyl groups excluding tert-OH is 1. The Morgan fingerprint density at radius 2 is 2.12 bits per heavy atom. The zero-order chi connectivity index (χ0) is 22.8. The third kappa shape index (κ3) is 2.88. The summed E-state index contributed by atoms with van der Waals surface area (Å²) in [6, 6.07) is 8.52. The molecule has 0 spiro atoms. The Bertz CT molecular complexity index is 1440. The smallest absolute Gasteiger partial charge is 0.261 e. The number of benzene rings is 1. The van der Waals surface area contributed by atoms with Crippen LogP contribution in [-0.4, -0.2) is 33.0 Å². The summed E-state index contributed by atoms with van der Waals surface area (Å²) in [5, 5.41) is 28.1. The van der Waals surface area contributed by atoms with Gasteiger partial charge < -0.3 is 15.4 Å². The van der Waals surface area contributed by atoms with Crippen LogP contribution in [0.1, 0.15) is 50.8 Å². The summed E-state index contributed by atoms with van der Waals surface area (Å²) in [4.78, 5) is 15.4. The Balaban J connectivity index is 1.60. The van der Waals surface area contributed by atoms with Crippen LogP contribution in [0.25, 0.3) is 10.9 Å². The third-order valence-electron chi connectivity index (χ3n) is 6.62. The summed E-state index contributed by atoms with van der Waals surface area (Å²) >= 11 is 0. The fourth-order valence-electron chi connectivity index (χ4n) is 4.49. The van der Waals surface area contributed by atoms with Gasteiger partial charge in [-0.1, -0.05) is 0 Å². The maximum Gasteiger partial charge on any atom is 0.261 e. The van der Waals surface area contributed by atoms with Crippen LogP contribution >= 0.6 is 0 Å². The highest BCUT2D eigenvalue weighted by atomic mass is 32.2. The molecule has 0 amide bonds. The highest BCUT2D eigenvalue weighted by Crippen LogP contribution is 2.47. The van der Waals surface area contributed by atoms with E-state index < -0.39 is 20.7 Å². The number of anilines is 2. The number of nitrogens with zero attached hydrogens (tertiary/aromatic N) is 3. The first kappa shape index (κ1) is 20.7. The molecule has 3 aromatic rings. The number of sulfone groups is 1. The lowest BCUT2D eigenvalue weighted by Gasteiger charge is -2.21. The molecule has 2 aliphatic rings. The minimum atomic E-state index is -3.66. The Morgan fingerprint density at radius 1 is 1.38 bits per heavy atom. The second-order valence-electron chi connectivity index (χ2n) is 9.01. The number of nitrogens with one attached hydrogen (secondary N) is 2. The van der Waals surface area contributed by atoms with E-state index in [1.165, 1.54) is 19.9 Å². The normalized spacial score (nSPS) is 21.8. The number of aliphatic hydroxyl groups is 1. The maximum absolute atomic E-state index is 12.7. The number of aromatic amines is 1. The molecule has 3 N–H and O–H groups in total. The SMILES string of the molecule is CC1(C)C(O)c2cc(Nc3nn(C(CC#N)C4CC4)c4cc[nH]c(=O)c34)ccc2S1(=O)=O. The molecule has 5 rings (SSSR count). The molecule has 2 atom stereocenters. The Hall–Kier alpha value is -3.16. The molecule has 10 heteroatoms. The molecule has 166 valence electrons. The van der Waals surface area contributed by atoms with E-state index in [0.29, 0.717) is 40.3 Å². The lowest BCUT2D eigenvalue weighted by molar-refractivity contribution is 0.144. The van der Waals surface area contributed by atoms with Gasteiger partial charge in [0.2, 0.25) is 0 Å². The number of H-pyrrole nitrogens is 1. The highest BCUT2D eigenvalue weighted by molar-refractivity contribution is 7.93. The molecule has 0 bridgehead atoms. The van der Waals surface area contributed by atoms with Crippen molar-refractivity contribution in [3.63, 3.8) is 0 Å². The molecule has 0 saturated heterocycles. The predicted molar refractivity (Wildman–Crippen MR) is 118 cm³/mol. The average molecular weight is 454 g/mol. The van der Waals surface area contributed by atoms with Crippen molar-refractivity contribution < 1.29 is 13.5 Å². The first-order chi connectivity index (χ1) is 15.2. The van der Waals surface area contributed by atoms with Gasteiger partial charge in [-0.3, -0.25) is 9.48 Å². The van der Waals surface area contributed by atoms with E-state index in [1.807, 2.05) is 0 Å². The van der Waals surface area contributed by atoms with Gasteiger partial charge in [-0.05, 0) is 56.9 Å². The molecule has 1 aromatic carbocycles. The molecule has 0 radical (unpaired) electrons. The molecular weight excluding hydrogens is 430 g/mol. The number of pyridine rings is 1. The average Bonchev–Trinajstić information content (AvgIpc) is 3.51. The van der Waals surface area contributed by atoms with Crippen LogP contribution in [0.2, 0.25) is 0 Å². The van der Waals surface area contributed by atoms with Gasteiger partial charge in [-0.25, -0.2) is 8.42 Å². The fourth-order valence-corrected chi connectivity index (χ4v) is 6.21. The lowest BCUT2D eigenvalue weighted by Crippen LogP contribution is -2.32. The van der Waals surface area contributed by atoms with Gasteiger partial charge in [-0.2, -0.15) is 10.4 Å². The van der Waals surface area contributed by atoms with Gasteiger partial charge in [0.15, 0.2) is 15.7 Å². The van der Waals surface area contributed by atoms with Crippen LogP contribution in [0, 0.1) is 17.2 Å². The van der Waals surface area contributed by atoms with E-state index in [1.54, 1.807) is 29.1 Å². The molecule has 9 nitrogen and oxygen atoms in total. The van der Waals surface area contributed by atoms with Crippen molar-refractivity contribution in [3.8, 4) is 6.07 Å². The minimum absolute atomic E-state index is 0.108. The number of hydrogen-bond acceptors (Lipinski definition) is 7. The van der Waals surface area contributed by atoms with Crippen LogP contribution in [0.4, 0.5) is 11.5 Å². The standard InChI is InChI=1S/C22H23N5O4S/c1-22(2)19(28)14-11-13(5-6-17(14)32(22,30)31)25-20-18-16(8-10-24-21(18)29)27(26-20)15(7-9-23)12-3-4-12/h5-6,8,10-12,15,19,28H,3-4,7H2,1-2H3,(H,24,29)(H,25,26). The van der Waals surface area contributed by atoms with E-state index in [-0.39, 0.29) is 16.5 Å². The quantitative estimate of drug-likeness (QED) is 0.539. The van der Waals surface area contributed by atoms with Crippen molar-refractivity contribution in [2.24, 2.45) is 5.92 Å². The summed E-state index contributed by atoms with van der Waals surface area (Å²) in [5.74, 6) is 0.674. The molecule has 1 saturated carbocycles. The summed E-state index contributed by atoms with van der Waals surface area (Å²) in [6.07, 6.45) is 2.73. The summed E-state index contributed by atoms with van der Waals surface area (Å²) in [7, 11) is -3.66. The second-order valence-corrected chi connectivity index (χ2v) is 11.5. The lowest BCUT2D eigenvalue weighted by atomic mass is 9.98. The molecule has 2 unspecified atom stereocenters. The number of fused-ring (bicyclic) bond motifs is 2. The van der Waals surface area contributed by atoms with Crippen molar-refractivity contribution in [1.82, 2.24) is 14.8 Å². The largest absolute Gasteiger partial charge is 0.387 e. The number of aromatic nitrogens is 3. The molecule has 3 heterocycles. The fraction of sp³-hybridized carbons (Fsp3) is 0.409. The van der Waals surface area contributed by atoms with Gasteiger partial charge in [0.05, 0.1) is 35.0 Å².